The molecule has 2 aromatic heterocycles. The molecule has 4 aliphatic rings. The number of nitrogens with zero attached hydrogens (tertiary/aromatic N) is 3. The molecule has 1 saturated heterocycles. The van der Waals surface area contributed by atoms with Gasteiger partial charge in [0.2, 0.25) is 5.43 Å². The third-order valence-corrected chi connectivity index (χ3v) is 9.67. The predicted molar refractivity (Wildman–Crippen MR) is 145 cm³/mol. The van der Waals surface area contributed by atoms with Crippen LogP contribution in [0, 0.1) is 5.82 Å². The molecule has 208 valence electrons. The smallest absolute Gasteiger partial charge is 0.280 e. The van der Waals surface area contributed by atoms with Gasteiger partial charge >= 0.3 is 0 Å². The lowest BCUT2D eigenvalue weighted by Gasteiger charge is -2.53. The Labute approximate surface area is 235 Å². The molecular weight excluding hydrogens is 555 g/mol. The van der Waals surface area contributed by atoms with Gasteiger partial charge in [0.1, 0.15) is 12.0 Å². The van der Waals surface area contributed by atoms with Crippen LogP contribution in [0.5, 0.6) is 5.75 Å². The molecule has 2 aliphatic carbocycles. The van der Waals surface area contributed by atoms with Crippen molar-refractivity contribution in [2.24, 2.45) is 0 Å². The maximum Gasteiger partial charge on any atom is 0.280 e. The number of carbonyl (C=O) groups is 1. The first kappa shape index (κ1) is 24.7. The van der Waals surface area contributed by atoms with E-state index in [1.165, 1.54) is 28.3 Å². The predicted octanol–water partition coefficient (Wildman–Crippen LogP) is 4.98. The van der Waals surface area contributed by atoms with Gasteiger partial charge in [0.05, 0.1) is 30.9 Å². The molecule has 0 spiro atoms. The van der Waals surface area contributed by atoms with Gasteiger partial charge in [-0.3, -0.25) is 19.3 Å². The molecule has 0 bridgehead atoms. The molecule has 8 rings (SSSR count). The van der Waals surface area contributed by atoms with Crippen molar-refractivity contribution in [1.29, 1.82) is 0 Å². The SMILES string of the molecule is CC1COC[C@@H]2N1C(=O)c1c(O)c(=O)ccn1N2[C@@H]1c2ccccc2-c2scc3c2-c2c1ccc(F)c2C(F)(F)C3. The van der Waals surface area contributed by atoms with E-state index < -0.39 is 59.1 Å². The van der Waals surface area contributed by atoms with Crippen LogP contribution in [0.4, 0.5) is 13.2 Å². The Kier molecular flexibility index (Phi) is 4.96. The second kappa shape index (κ2) is 8.23. The summed E-state index contributed by atoms with van der Waals surface area (Å²) >= 11 is 1.35. The number of aromatic nitrogens is 1. The third-order valence-electron chi connectivity index (χ3n) is 8.61. The lowest BCUT2D eigenvalue weighted by molar-refractivity contribution is -0.0468. The summed E-state index contributed by atoms with van der Waals surface area (Å²) in [4.78, 5) is 28.6. The maximum absolute atomic E-state index is 15.7. The van der Waals surface area contributed by atoms with Crippen LogP contribution >= 0.6 is 11.3 Å². The first-order valence-corrected chi connectivity index (χ1v) is 14.1. The number of thiophene rings is 1. The summed E-state index contributed by atoms with van der Waals surface area (Å²) in [5.41, 5.74) is 1.62. The van der Waals surface area contributed by atoms with Gasteiger partial charge in [-0.2, -0.15) is 0 Å². The van der Waals surface area contributed by atoms with Gasteiger partial charge in [0.25, 0.3) is 11.8 Å². The average Bonchev–Trinajstić information content (AvgIpc) is 3.30. The minimum Gasteiger partial charge on any atom is -0.502 e. The summed E-state index contributed by atoms with van der Waals surface area (Å²) in [6.45, 7) is 2.14. The number of aromatic hydroxyl groups is 1. The van der Waals surface area contributed by atoms with Crippen LogP contribution in [0.25, 0.3) is 21.6 Å². The topological polar surface area (TPSA) is 75.0 Å². The molecule has 11 heteroatoms. The number of alkyl halides is 2. The van der Waals surface area contributed by atoms with Crippen molar-refractivity contribution in [3.63, 3.8) is 0 Å². The second-order valence-electron chi connectivity index (χ2n) is 10.9. The number of benzene rings is 2. The summed E-state index contributed by atoms with van der Waals surface area (Å²) in [5, 5.41) is 14.4. The fourth-order valence-electron chi connectivity index (χ4n) is 6.98. The molecule has 7 nitrogen and oxygen atoms in total. The molecule has 41 heavy (non-hydrogen) atoms. The van der Waals surface area contributed by atoms with Crippen molar-refractivity contribution < 1.29 is 27.8 Å². The molecule has 2 aromatic carbocycles. The first-order valence-electron chi connectivity index (χ1n) is 13.2. The van der Waals surface area contributed by atoms with E-state index in [0.717, 1.165) is 28.1 Å². The Morgan fingerprint density at radius 3 is 2.68 bits per heavy atom. The van der Waals surface area contributed by atoms with Crippen molar-refractivity contribution in [1.82, 2.24) is 9.58 Å². The molecule has 4 heterocycles. The van der Waals surface area contributed by atoms with Gasteiger partial charge in [0, 0.05) is 34.7 Å². The minimum absolute atomic E-state index is 0.0909. The highest BCUT2D eigenvalue weighted by atomic mass is 32.1. The Morgan fingerprint density at radius 2 is 1.85 bits per heavy atom. The maximum atomic E-state index is 15.7. The van der Waals surface area contributed by atoms with E-state index in [0.29, 0.717) is 16.7 Å². The van der Waals surface area contributed by atoms with Crippen molar-refractivity contribution >= 4 is 17.2 Å². The standard InChI is InChI=1S/C30H22F3N3O4S/c1-14-11-40-12-21-35(14)29(39)26-27(38)20(37)8-9-34(26)36(21)25-16-4-2-3-5-17(16)28-22-15(13-41-28)10-30(32,33)24-19(31)7-6-18(25)23(22)24/h2-9,13-14,21,25,38H,10-12H2,1H3/t14?,21-,25-/m1/s1. The van der Waals surface area contributed by atoms with Crippen LogP contribution in [0.3, 0.4) is 0 Å². The summed E-state index contributed by atoms with van der Waals surface area (Å²) in [6, 6.07) is 10.1. The Hall–Kier alpha value is -4.09. The second-order valence-corrected chi connectivity index (χ2v) is 11.8. The highest BCUT2D eigenvalue weighted by Gasteiger charge is 2.51. The van der Waals surface area contributed by atoms with Gasteiger partial charge in [-0.05, 0) is 40.6 Å². The molecule has 4 aromatic rings. The monoisotopic (exact) mass is 577 g/mol. The number of hydrogen-bond donors (Lipinski definition) is 1. The summed E-state index contributed by atoms with van der Waals surface area (Å²) in [7, 11) is 0. The molecular formula is C30H22F3N3O4S. The number of amides is 1. The number of halogens is 3. The van der Waals surface area contributed by atoms with Crippen LogP contribution < -0.4 is 10.4 Å². The van der Waals surface area contributed by atoms with E-state index in [1.54, 1.807) is 22.2 Å². The average molecular weight is 578 g/mol. The third kappa shape index (κ3) is 3.13. The molecule has 1 fully saturated rings. The number of pyridine rings is 1. The molecule has 2 aliphatic heterocycles. The first-order chi connectivity index (χ1) is 19.7. The van der Waals surface area contributed by atoms with E-state index in [9.17, 15) is 14.7 Å². The molecule has 0 radical (unpaired) electrons. The van der Waals surface area contributed by atoms with Gasteiger partial charge in [-0.25, -0.2) is 13.2 Å². The highest BCUT2D eigenvalue weighted by molar-refractivity contribution is 7.14. The van der Waals surface area contributed by atoms with E-state index in [2.05, 4.69) is 0 Å². The molecule has 3 atom stereocenters. The summed E-state index contributed by atoms with van der Waals surface area (Å²) in [6.07, 6.45) is 0.0844. The normalized spacial score (nSPS) is 23.3. The molecule has 0 saturated carbocycles. The number of fused-ring (bicyclic) bond motifs is 4. The quantitative estimate of drug-likeness (QED) is 0.346. The lowest BCUT2D eigenvalue weighted by Crippen LogP contribution is -2.68. The number of hydrogen-bond acceptors (Lipinski definition) is 6. The van der Waals surface area contributed by atoms with E-state index in [4.69, 9.17) is 4.74 Å². The van der Waals surface area contributed by atoms with Crippen LogP contribution in [0.2, 0.25) is 0 Å². The Balaban J connectivity index is 1.51. The van der Waals surface area contributed by atoms with Gasteiger partial charge < -0.3 is 14.7 Å². The minimum atomic E-state index is -3.44. The Morgan fingerprint density at radius 1 is 1.05 bits per heavy atom. The summed E-state index contributed by atoms with van der Waals surface area (Å²) < 4.78 is 54.1. The van der Waals surface area contributed by atoms with E-state index >= 15 is 13.2 Å². The molecule has 1 N–H and O–H groups in total. The van der Waals surface area contributed by atoms with Crippen molar-refractivity contribution in [2.75, 3.05) is 18.2 Å². The highest BCUT2D eigenvalue weighted by Crippen LogP contribution is 2.58. The van der Waals surface area contributed by atoms with E-state index in [1.807, 2.05) is 24.3 Å². The Bertz CT molecular complexity index is 1870. The zero-order valence-corrected chi connectivity index (χ0v) is 22.4. The fraction of sp³-hybridized carbons (Fsp3) is 0.267. The van der Waals surface area contributed by atoms with Crippen molar-refractivity contribution in [2.45, 2.75) is 37.5 Å². The number of morpholine rings is 1. The number of ether oxygens (including phenoxy) is 1. The van der Waals surface area contributed by atoms with Crippen molar-refractivity contribution in [3.05, 3.63) is 98.0 Å². The van der Waals surface area contributed by atoms with Crippen LogP contribution in [0.1, 0.15) is 45.7 Å². The van der Waals surface area contributed by atoms with Crippen LogP contribution in [-0.2, 0) is 17.1 Å². The molecule has 1 amide bonds. The fourth-order valence-corrected chi connectivity index (χ4v) is 8.10. The number of rotatable bonds is 1. The largest absolute Gasteiger partial charge is 0.502 e. The van der Waals surface area contributed by atoms with Crippen LogP contribution in [0.15, 0.2) is 58.8 Å². The van der Waals surface area contributed by atoms with Gasteiger partial charge in [0.15, 0.2) is 11.4 Å². The van der Waals surface area contributed by atoms with Gasteiger partial charge in [-0.1, -0.05) is 30.3 Å². The van der Waals surface area contributed by atoms with Crippen molar-refractivity contribution in [3.8, 4) is 27.3 Å². The van der Waals surface area contributed by atoms with Gasteiger partial charge in [-0.15, -0.1) is 11.3 Å². The summed E-state index contributed by atoms with van der Waals surface area (Å²) in [5.74, 6) is -5.65. The zero-order valence-electron chi connectivity index (χ0n) is 21.6. The van der Waals surface area contributed by atoms with E-state index in [-0.39, 0.29) is 24.5 Å². The number of carbonyl (C=O) groups excluding carboxylic acids is 1. The molecule has 1 unspecified atom stereocenters. The van der Waals surface area contributed by atoms with Crippen LogP contribution in [-0.4, -0.2) is 46.0 Å². The zero-order chi connectivity index (χ0) is 28.4. The lowest BCUT2D eigenvalue weighted by atomic mass is 9.80.